The molecule has 1 fully saturated rings. The lowest BCUT2D eigenvalue weighted by molar-refractivity contribution is 0.274. The number of rotatable bonds is 5. The van der Waals surface area contributed by atoms with Crippen LogP contribution in [0, 0.1) is 25.7 Å². The fourth-order valence-corrected chi connectivity index (χ4v) is 3.50. The van der Waals surface area contributed by atoms with Crippen molar-refractivity contribution in [2.24, 2.45) is 17.6 Å². The Bertz CT molecular complexity index is 515. The van der Waals surface area contributed by atoms with Gasteiger partial charge in [0, 0.05) is 6.54 Å². The molecule has 1 aromatic rings. The van der Waals surface area contributed by atoms with E-state index in [4.69, 9.17) is 18.0 Å². The minimum absolute atomic E-state index is 0.388. The normalized spacial score (nSPS) is 22.0. The van der Waals surface area contributed by atoms with Gasteiger partial charge in [0.15, 0.2) is 5.82 Å². The molecule has 2 unspecified atom stereocenters. The Labute approximate surface area is 132 Å². The molecule has 116 valence electrons. The van der Waals surface area contributed by atoms with Gasteiger partial charge in [0.2, 0.25) is 0 Å². The molecule has 0 radical (unpaired) electrons. The predicted molar refractivity (Wildman–Crippen MR) is 91.6 cm³/mol. The number of thiocarbonyl (C=S) groups is 1. The molecule has 1 aliphatic rings. The van der Waals surface area contributed by atoms with Crippen molar-refractivity contribution in [2.75, 3.05) is 11.9 Å². The second-order valence-corrected chi connectivity index (χ2v) is 6.79. The Morgan fingerprint density at radius 3 is 2.76 bits per heavy atom. The van der Waals surface area contributed by atoms with Gasteiger partial charge < -0.3 is 11.1 Å². The van der Waals surface area contributed by atoms with E-state index >= 15 is 0 Å². The molecule has 5 heteroatoms. The molecule has 3 N–H and O–H groups in total. The number of anilines is 1. The summed E-state index contributed by atoms with van der Waals surface area (Å²) in [6, 6.07) is 0. The van der Waals surface area contributed by atoms with E-state index in [-0.39, 0.29) is 0 Å². The van der Waals surface area contributed by atoms with Crippen LogP contribution >= 0.6 is 12.2 Å². The van der Waals surface area contributed by atoms with E-state index in [1.165, 1.54) is 32.1 Å². The third kappa shape index (κ3) is 4.13. The van der Waals surface area contributed by atoms with Gasteiger partial charge in [-0.05, 0) is 44.1 Å². The Balaban J connectivity index is 1.97. The first-order chi connectivity index (χ1) is 9.99. The summed E-state index contributed by atoms with van der Waals surface area (Å²) in [7, 11) is 0. The minimum atomic E-state index is 0.388. The van der Waals surface area contributed by atoms with E-state index in [2.05, 4.69) is 22.4 Å². The number of nitrogens with two attached hydrogens (primary N) is 1. The number of nitrogens with one attached hydrogen (secondary N) is 1. The van der Waals surface area contributed by atoms with Crippen LogP contribution in [-0.4, -0.2) is 21.7 Å². The molecule has 1 heterocycles. The lowest BCUT2D eigenvalue weighted by Crippen LogP contribution is -2.20. The molecule has 0 spiro atoms. The van der Waals surface area contributed by atoms with E-state index < -0.39 is 0 Å². The van der Waals surface area contributed by atoms with E-state index in [0.29, 0.717) is 4.99 Å². The highest BCUT2D eigenvalue weighted by Crippen LogP contribution is 2.30. The van der Waals surface area contributed by atoms with Crippen molar-refractivity contribution in [3.8, 4) is 0 Å². The SMILES string of the molecule is Cc1nnc(NCCC2CCCC(C)C2)c(C(N)=S)c1C. The van der Waals surface area contributed by atoms with Crippen LogP contribution in [0.5, 0.6) is 0 Å². The zero-order valence-electron chi connectivity index (χ0n) is 13.3. The van der Waals surface area contributed by atoms with Crippen molar-refractivity contribution in [3.63, 3.8) is 0 Å². The van der Waals surface area contributed by atoms with Gasteiger partial charge in [-0.25, -0.2) is 0 Å². The summed E-state index contributed by atoms with van der Waals surface area (Å²) in [4.78, 5) is 0.388. The molecule has 1 aromatic heterocycles. The molecule has 0 bridgehead atoms. The zero-order valence-corrected chi connectivity index (χ0v) is 14.1. The lowest BCUT2D eigenvalue weighted by atomic mass is 9.81. The Morgan fingerprint density at radius 1 is 1.33 bits per heavy atom. The van der Waals surface area contributed by atoms with Gasteiger partial charge in [-0.2, -0.15) is 5.10 Å². The van der Waals surface area contributed by atoms with Gasteiger partial charge in [0.05, 0.1) is 11.3 Å². The van der Waals surface area contributed by atoms with Gasteiger partial charge in [0.1, 0.15) is 4.99 Å². The lowest BCUT2D eigenvalue weighted by Gasteiger charge is -2.26. The fourth-order valence-electron chi connectivity index (χ4n) is 3.25. The van der Waals surface area contributed by atoms with Crippen molar-refractivity contribution in [1.29, 1.82) is 0 Å². The highest BCUT2D eigenvalue weighted by Gasteiger charge is 2.19. The molecule has 0 amide bonds. The first-order valence-electron chi connectivity index (χ1n) is 7.86. The number of aryl methyl sites for hydroxylation is 1. The Morgan fingerprint density at radius 2 is 2.10 bits per heavy atom. The molecule has 4 nitrogen and oxygen atoms in total. The van der Waals surface area contributed by atoms with Crippen molar-refractivity contribution < 1.29 is 0 Å². The molecule has 0 aromatic carbocycles. The quantitative estimate of drug-likeness (QED) is 0.817. The van der Waals surface area contributed by atoms with Gasteiger partial charge in [-0.1, -0.05) is 38.4 Å². The van der Waals surface area contributed by atoms with Crippen molar-refractivity contribution in [3.05, 3.63) is 16.8 Å². The first-order valence-corrected chi connectivity index (χ1v) is 8.27. The molecule has 1 saturated carbocycles. The molecular weight excluding hydrogens is 280 g/mol. The molecule has 2 rings (SSSR count). The van der Waals surface area contributed by atoms with Gasteiger partial charge >= 0.3 is 0 Å². The minimum Gasteiger partial charge on any atom is -0.389 e. The molecule has 0 saturated heterocycles. The van der Waals surface area contributed by atoms with Crippen LogP contribution in [0.25, 0.3) is 0 Å². The molecule has 1 aliphatic carbocycles. The number of aromatic nitrogens is 2. The molecule has 0 aliphatic heterocycles. The predicted octanol–water partition coefficient (Wildman–Crippen LogP) is 3.36. The average Bonchev–Trinajstić information content (AvgIpc) is 2.42. The maximum absolute atomic E-state index is 5.84. The fraction of sp³-hybridized carbons (Fsp3) is 0.688. The summed E-state index contributed by atoms with van der Waals surface area (Å²) < 4.78 is 0. The Hall–Kier alpha value is -1.23. The monoisotopic (exact) mass is 306 g/mol. The molecule has 21 heavy (non-hydrogen) atoms. The summed E-state index contributed by atoms with van der Waals surface area (Å²) in [6.07, 6.45) is 6.64. The van der Waals surface area contributed by atoms with E-state index in [0.717, 1.165) is 41.0 Å². The van der Waals surface area contributed by atoms with Crippen molar-refractivity contribution in [1.82, 2.24) is 10.2 Å². The van der Waals surface area contributed by atoms with Gasteiger partial charge in [-0.15, -0.1) is 5.10 Å². The topological polar surface area (TPSA) is 63.8 Å². The molecular formula is C16H26N4S. The Kier molecular flexibility index (Phi) is 5.51. The van der Waals surface area contributed by atoms with Crippen LogP contribution < -0.4 is 11.1 Å². The van der Waals surface area contributed by atoms with E-state index in [1.54, 1.807) is 0 Å². The third-order valence-corrected chi connectivity index (χ3v) is 4.80. The number of hydrogen-bond donors (Lipinski definition) is 2. The highest BCUT2D eigenvalue weighted by atomic mass is 32.1. The van der Waals surface area contributed by atoms with Crippen LogP contribution in [0.4, 0.5) is 5.82 Å². The maximum atomic E-state index is 5.84. The van der Waals surface area contributed by atoms with E-state index in [1.807, 2.05) is 13.8 Å². The van der Waals surface area contributed by atoms with Crippen LogP contribution in [0.1, 0.15) is 55.8 Å². The summed E-state index contributed by atoms with van der Waals surface area (Å²) in [6.45, 7) is 7.19. The van der Waals surface area contributed by atoms with Crippen LogP contribution in [-0.2, 0) is 0 Å². The van der Waals surface area contributed by atoms with Crippen LogP contribution in [0.15, 0.2) is 0 Å². The summed E-state index contributed by atoms with van der Waals surface area (Å²) >= 11 is 5.16. The number of nitrogens with zero attached hydrogens (tertiary/aromatic N) is 2. The largest absolute Gasteiger partial charge is 0.389 e. The second-order valence-electron chi connectivity index (χ2n) is 6.35. The zero-order chi connectivity index (χ0) is 15.4. The van der Waals surface area contributed by atoms with E-state index in [9.17, 15) is 0 Å². The van der Waals surface area contributed by atoms with Crippen molar-refractivity contribution in [2.45, 2.75) is 52.9 Å². The van der Waals surface area contributed by atoms with Crippen LogP contribution in [0.3, 0.4) is 0 Å². The van der Waals surface area contributed by atoms with Crippen molar-refractivity contribution >= 4 is 23.0 Å². The first kappa shape index (κ1) is 16.1. The van der Waals surface area contributed by atoms with Crippen LogP contribution in [0.2, 0.25) is 0 Å². The standard InChI is InChI=1S/C16H26N4S/c1-10-5-4-6-13(9-10)7-8-18-16-14(15(17)21)11(2)12(3)19-20-16/h10,13H,4-9H2,1-3H3,(H2,17,21)(H,18,20). The summed E-state index contributed by atoms with van der Waals surface area (Å²) in [5.74, 6) is 2.43. The summed E-state index contributed by atoms with van der Waals surface area (Å²) in [5.41, 5.74) is 8.58. The summed E-state index contributed by atoms with van der Waals surface area (Å²) in [5, 5.41) is 11.8. The van der Waals surface area contributed by atoms with Gasteiger partial charge in [0.25, 0.3) is 0 Å². The van der Waals surface area contributed by atoms with Gasteiger partial charge in [-0.3, -0.25) is 0 Å². The third-order valence-electron chi connectivity index (χ3n) is 4.59. The highest BCUT2D eigenvalue weighted by molar-refractivity contribution is 7.80. The maximum Gasteiger partial charge on any atom is 0.159 e. The average molecular weight is 306 g/mol. The number of hydrogen-bond acceptors (Lipinski definition) is 4. The molecule has 2 atom stereocenters. The smallest absolute Gasteiger partial charge is 0.159 e. The second kappa shape index (κ2) is 7.16.